The summed E-state index contributed by atoms with van der Waals surface area (Å²) in [6.45, 7) is 11.7. The molecular formula is C66H80N4O6. The molecule has 0 amide bonds. The van der Waals surface area contributed by atoms with Gasteiger partial charge in [-0.1, -0.05) is 129 Å². The van der Waals surface area contributed by atoms with Gasteiger partial charge in [-0.05, 0) is 147 Å². The third-order valence-corrected chi connectivity index (χ3v) is 13.4. The lowest BCUT2D eigenvalue weighted by atomic mass is 10.0. The summed E-state index contributed by atoms with van der Waals surface area (Å²) >= 11 is 0. The monoisotopic (exact) mass is 1020 g/mol. The normalized spacial score (nSPS) is 11.0. The van der Waals surface area contributed by atoms with Gasteiger partial charge >= 0.3 is 5.97 Å². The van der Waals surface area contributed by atoms with Crippen molar-refractivity contribution in [3.8, 4) is 45.5 Å². The first kappa shape index (κ1) is 56.4. The van der Waals surface area contributed by atoms with Crippen LogP contribution in [0.25, 0.3) is 22.5 Å². The Bertz CT molecular complexity index is 2630. The van der Waals surface area contributed by atoms with Gasteiger partial charge in [0.25, 0.3) is 0 Å². The minimum atomic E-state index is -0.559. The van der Waals surface area contributed by atoms with Crippen LogP contribution >= 0.6 is 0 Å². The maximum absolute atomic E-state index is 13.0. The number of anilines is 6. The van der Waals surface area contributed by atoms with Gasteiger partial charge in [0, 0.05) is 45.3 Å². The summed E-state index contributed by atoms with van der Waals surface area (Å²) in [6, 6.07) is 49.7. The Hall–Kier alpha value is -7.33. The van der Waals surface area contributed by atoms with Gasteiger partial charge in [0.2, 0.25) is 0 Å². The molecule has 10 heteroatoms. The highest BCUT2D eigenvalue weighted by atomic mass is 16.5. The van der Waals surface area contributed by atoms with Gasteiger partial charge in [0.15, 0.2) is 5.69 Å². The van der Waals surface area contributed by atoms with Crippen molar-refractivity contribution in [1.82, 2.24) is 9.97 Å². The Balaban J connectivity index is 1.18. The second-order valence-corrected chi connectivity index (χ2v) is 19.3. The maximum atomic E-state index is 13.0. The predicted octanol–water partition coefficient (Wildman–Crippen LogP) is 18.4. The first-order valence-corrected chi connectivity index (χ1v) is 28.1. The fourth-order valence-electron chi connectivity index (χ4n) is 9.08. The molecular weight excluding hydrogens is 945 g/mol. The topological polar surface area (TPSA) is 95.5 Å². The molecule has 0 aliphatic carbocycles. The number of hydrogen-bond donors (Lipinski definition) is 0. The first-order chi connectivity index (χ1) is 37.4. The fourth-order valence-corrected chi connectivity index (χ4v) is 9.08. The molecule has 76 heavy (non-hydrogen) atoms. The smallest absolute Gasteiger partial charge is 0.358 e. The number of carbonyl (C=O) groups excluding carboxylic acids is 1. The molecule has 10 nitrogen and oxygen atoms in total. The van der Waals surface area contributed by atoms with Crippen LogP contribution in [-0.2, 0) is 4.74 Å². The summed E-state index contributed by atoms with van der Waals surface area (Å²) in [4.78, 5) is 27.2. The van der Waals surface area contributed by atoms with E-state index in [4.69, 9.17) is 33.7 Å². The van der Waals surface area contributed by atoms with Gasteiger partial charge in [-0.15, -0.1) is 0 Å². The molecule has 400 valence electrons. The Morgan fingerprint density at radius 1 is 0.368 bits per heavy atom. The van der Waals surface area contributed by atoms with E-state index >= 15 is 0 Å². The molecule has 7 aromatic rings. The second-order valence-electron chi connectivity index (χ2n) is 19.3. The Morgan fingerprint density at radius 3 is 0.921 bits per heavy atom. The van der Waals surface area contributed by atoms with Gasteiger partial charge in [0.05, 0.1) is 51.1 Å². The van der Waals surface area contributed by atoms with E-state index in [2.05, 4.69) is 122 Å². The maximum Gasteiger partial charge on any atom is 0.358 e. The number of unbranched alkanes of at least 4 members (excludes halogenated alkanes) is 12. The van der Waals surface area contributed by atoms with Crippen LogP contribution in [0.4, 0.5) is 34.1 Å². The van der Waals surface area contributed by atoms with E-state index in [0.717, 1.165) is 93.9 Å². The molecule has 0 saturated heterocycles. The molecule has 0 aliphatic heterocycles. The Morgan fingerprint density at radius 2 is 0.645 bits per heavy atom. The third-order valence-electron chi connectivity index (χ3n) is 13.4. The largest absolute Gasteiger partial charge is 0.494 e. The number of ether oxygens (including phenoxy) is 5. The predicted molar refractivity (Wildman–Crippen MR) is 312 cm³/mol. The summed E-state index contributed by atoms with van der Waals surface area (Å²) < 4.78 is 29.7. The standard InChI is InChI=1S/C66H80N4O6/c1-6-10-14-18-46-73-59-38-30-55(31-39-59)69(56-32-40-60(41-33-56)74-47-19-15-11-7-2)53-26-22-51(23-27-53)64-65(68-63(50-67-64)66(71)72-5)52-24-28-54(29-25-52)70(57-34-42-61(43-35-57)75-48-20-16-12-8-3)58-36-44-62(45-37-58)76-49-21-17-13-9-4/h22-45,50H,6-21,46-49H2,1-5H3. The van der Waals surface area contributed by atoms with Crippen molar-refractivity contribution in [2.45, 2.75) is 130 Å². The SMILES string of the molecule is CCCCCCOc1ccc(N(c2ccc(OCCCCCC)cc2)c2ccc(-c3ncc(C(=O)OC)nc3-c3ccc(N(c4ccc(OCCCCCC)cc4)c4ccc(OCCCCCC)cc4)cc3)cc2)cc1. The van der Waals surface area contributed by atoms with Crippen molar-refractivity contribution >= 4 is 40.1 Å². The zero-order valence-corrected chi connectivity index (χ0v) is 45.8. The second kappa shape index (κ2) is 30.9. The molecule has 1 heterocycles. The average molecular weight is 1030 g/mol. The van der Waals surface area contributed by atoms with Gasteiger partial charge in [-0.25, -0.2) is 9.78 Å². The van der Waals surface area contributed by atoms with Gasteiger partial charge in [-0.2, -0.15) is 0 Å². The van der Waals surface area contributed by atoms with E-state index in [-0.39, 0.29) is 5.69 Å². The Labute approximate surface area is 453 Å². The lowest BCUT2D eigenvalue weighted by Gasteiger charge is -2.26. The molecule has 0 radical (unpaired) electrons. The van der Waals surface area contributed by atoms with Gasteiger partial charge in [-0.3, -0.25) is 4.98 Å². The fraction of sp³-hybridized carbons (Fsp3) is 0.379. The van der Waals surface area contributed by atoms with Gasteiger partial charge < -0.3 is 33.5 Å². The van der Waals surface area contributed by atoms with Gasteiger partial charge in [0.1, 0.15) is 23.0 Å². The molecule has 7 rings (SSSR count). The number of carbonyl (C=O) groups is 1. The van der Waals surface area contributed by atoms with Crippen LogP contribution in [0.5, 0.6) is 23.0 Å². The lowest BCUT2D eigenvalue weighted by molar-refractivity contribution is 0.0593. The average Bonchev–Trinajstić information content (AvgIpc) is 3.48. The molecule has 0 N–H and O–H groups in total. The van der Waals surface area contributed by atoms with Crippen LogP contribution in [0.1, 0.15) is 141 Å². The van der Waals surface area contributed by atoms with Crippen LogP contribution in [0, 0.1) is 0 Å². The molecule has 0 spiro atoms. The highest BCUT2D eigenvalue weighted by molar-refractivity contribution is 5.90. The lowest BCUT2D eigenvalue weighted by Crippen LogP contribution is -2.11. The molecule has 6 aromatic carbocycles. The number of methoxy groups -OCH3 is 1. The van der Waals surface area contributed by atoms with Crippen molar-refractivity contribution in [2.24, 2.45) is 0 Å². The summed E-state index contributed by atoms with van der Waals surface area (Å²) in [5.41, 5.74) is 8.76. The third kappa shape index (κ3) is 16.6. The summed E-state index contributed by atoms with van der Waals surface area (Å²) in [5, 5.41) is 0. The zero-order chi connectivity index (χ0) is 53.2. The highest BCUT2D eigenvalue weighted by Crippen LogP contribution is 2.40. The first-order valence-electron chi connectivity index (χ1n) is 28.1. The van der Waals surface area contributed by atoms with E-state index in [9.17, 15) is 4.79 Å². The number of nitrogens with zero attached hydrogens (tertiary/aromatic N) is 4. The molecule has 0 aliphatic rings. The number of esters is 1. The quantitative estimate of drug-likeness (QED) is 0.0292. The molecule has 0 unspecified atom stereocenters. The number of benzene rings is 6. The molecule has 1 aromatic heterocycles. The van der Waals surface area contributed by atoms with Crippen LogP contribution in [0.2, 0.25) is 0 Å². The van der Waals surface area contributed by atoms with Crippen molar-refractivity contribution < 1.29 is 28.5 Å². The number of rotatable bonds is 33. The van der Waals surface area contributed by atoms with Crippen LogP contribution in [0.15, 0.2) is 152 Å². The van der Waals surface area contributed by atoms with Crippen LogP contribution in [-0.4, -0.2) is 49.5 Å². The van der Waals surface area contributed by atoms with E-state index in [1.807, 2.05) is 60.7 Å². The Kier molecular flexibility index (Phi) is 22.9. The molecule has 0 saturated carbocycles. The molecule has 0 fully saturated rings. The van der Waals surface area contributed by atoms with Crippen molar-refractivity contribution in [3.63, 3.8) is 0 Å². The minimum Gasteiger partial charge on any atom is -0.494 e. The van der Waals surface area contributed by atoms with E-state index < -0.39 is 5.97 Å². The van der Waals surface area contributed by atoms with Crippen molar-refractivity contribution in [1.29, 1.82) is 0 Å². The van der Waals surface area contributed by atoms with E-state index in [1.54, 1.807) is 0 Å². The number of aromatic nitrogens is 2. The molecule has 0 bridgehead atoms. The zero-order valence-electron chi connectivity index (χ0n) is 45.8. The summed E-state index contributed by atoms with van der Waals surface area (Å²) in [5.74, 6) is 2.84. The minimum absolute atomic E-state index is 0.122. The van der Waals surface area contributed by atoms with E-state index in [1.165, 1.54) is 90.4 Å². The van der Waals surface area contributed by atoms with Crippen LogP contribution in [0.3, 0.4) is 0 Å². The summed E-state index contributed by atoms with van der Waals surface area (Å²) in [6.07, 6.45) is 20.0. The van der Waals surface area contributed by atoms with Crippen molar-refractivity contribution in [3.05, 3.63) is 157 Å². The highest BCUT2D eigenvalue weighted by Gasteiger charge is 2.20. The summed E-state index contributed by atoms with van der Waals surface area (Å²) in [7, 11) is 1.36. The van der Waals surface area contributed by atoms with Crippen molar-refractivity contribution in [2.75, 3.05) is 43.3 Å². The number of hydrogen-bond acceptors (Lipinski definition) is 10. The van der Waals surface area contributed by atoms with Crippen LogP contribution < -0.4 is 28.7 Å². The van der Waals surface area contributed by atoms with E-state index in [0.29, 0.717) is 37.8 Å². The molecule has 0 atom stereocenters.